The molecule has 9 nitrogen and oxygen atoms in total. The summed E-state index contributed by atoms with van der Waals surface area (Å²) in [6.45, 7) is 15.5. The van der Waals surface area contributed by atoms with Gasteiger partial charge >= 0.3 is 0 Å². The quantitative estimate of drug-likeness (QED) is 0.131. The number of aliphatic imine (C=N–C) groups is 1. The first-order chi connectivity index (χ1) is 23.6. The first-order valence-electron chi connectivity index (χ1n) is 17.0. The highest BCUT2D eigenvalue weighted by Crippen LogP contribution is 2.38. The van der Waals surface area contributed by atoms with Gasteiger partial charge in [-0.2, -0.15) is 0 Å². The predicted octanol–water partition coefficient (Wildman–Crippen LogP) is 7.29. The van der Waals surface area contributed by atoms with Crippen molar-refractivity contribution in [1.82, 2.24) is 9.80 Å². The molecule has 0 spiro atoms. The Morgan fingerprint density at radius 1 is 1.04 bits per heavy atom. The van der Waals surface area contributed by atoms with Gasteiger partial charge in [0.05, 0.1) is 11.7 Å². The number of rotatable bonds is 11. The number of allylic oxidation sites excluding steroid dienone is 1. The third-order valence-electron chi connectivity index (χ3n) is 8.86. The van der Waals surface area contributed by atoms with Gasteiger partial charge in [-0.05, 0) is 113 Å². The van der Waals surface area contributed by atoms with Crippen LogP contribution < -0.4 is 24.6 Å². The molecule has 9 heteroatoms. The minimum atomic E-state index is 0.0503. The Morgan fingerprint density at radius 2 is 1.86 bits per heavy atom. The largest absolute Gasteiger partial charge is 0.489 e. The van der Waals surface area contributed by atoms with Crippen molar-refractivity contribution in [3.8, 4) is 17.2 Å². The van der Waals surface area contributed by atoms with Crippen molar-refractivity contribution in [1.29, 1.82) is 0 Å². The van der Waals surface area contributed by atoms with Crippen LogP contribution in [-0.2, 0) is 4.79 Å². The van der Waals surface area contributed by atoms with Crippen LogP contribution in [0.4, 0.5) is 17.1 Å². The number of aryl methyl sites for hydroxylation is 3. The highest BCUT2D eigenvalue weighted by Gasteiger charge is 2.35. The molecule has 1 fully saturated rings. The smallest absolute Gasteiger partial charge is 0.246 e. The number of nitrogens with zero attached hydrogens (tertiary/aromatic N) is 5. The number of hydrogen-bond donors (Lipinski definition) is 1. The SMILES string of the molecule is C=CN(C)c1ccc(Oc2ccc(NC(=N/C=C/CC)c3cc4c(cc3C)OCC3CN(C(=O)/C=C/CN(C)C)CCN43)cc2C)cc1C. The van der Waals surface area contributed by atoms with Crippen LogP contribution >= 0.6 is 0 Å². The molecule has 0 saturated carbocycles. The zero-order valence-electron chi connectivity index (χ0n) is 30.0. The maximum atomic E-state index is 12.9. The number of amidine groups is 1. The Kier molecular flexibility index (Phi) is 11.5. The van der Waals surface area contributed by atoms with Crippen molar-refractivity contribution in [2.75, 3.05) is 69.0 Å². The van der Waals surface area contributed by atoms with E-state index in [0.717, 1.165) is 81.9 Å². The van der Waals surface area contributed by atoms with Crippen LogP contribution in [0.25, 0.3) is 0 Å². The number of ether oxygens (including phenoxy) is 2. The van der Waals surface area contributed by atoms with Crippen LogP contribution in [0.3, 0.4) is 0 Å². The summed E-state index contributed by atoms with van der Waals surface area (Å²) in [5.74, 6) is 3.24. The molecule has 1 atom stereocenters. The van der Waals surface area contributed by atoms with E-state index in [-0.39, 0.29) is 11.9 Å². The molecular formula is C40H50N6O3. The summed E-state index contributed by atoms with van der Waals surface area (Å²) in [5, 5.41) is 3.60. The average Bonchev–Trinajstić information content (AvgIpc) is 3.08. The Labute approximate surface area is 291 Å². The zero-order chi connectivity index (χ0) is 35.1. The molecule has 3 aromatic rings. The van der Waals surface area contributed by atoms with E-state index in [9.17, 15) is 4.79 Å². The van der Waals surface area contributed by atoms with E-state index < -0.39 is 0 Å². The lowest BCUT2D eigenvalue weighted by molar-refractivity contribution is -0.127. The minimum Gasteiger partial charge on any atom is -0.489 e. The van der Waals surface area contributed by atoms with E-state index in [1.165, 1.54) is 0 Å². The molecule has 2 aliphatic rings. The number of nitrogens with one attached hydrogen (secondary N) is 1. The maximum Gasteiger partial charge on any atom is 0.246 e. The molecule has 0 aromatic heterocycles. The Morgan fingerprint density at radius 3 is 2.57 bits per heavy atom. The summed E-state index contributed by atoms with van der Waals surface area (Å²) < 4.78 is 12.6. The summed E-state index contributed by atoms with van der Waals surface area (Å²) in [6.07, 6.45) is 10.2. The fraction of sp³-hybridized carbons (Fsp3) is 0.350. The second-order valence-corrected chi connectivity index (χ2v) is 13.0. The first-order valence-corrected chi connectivity index (χ1v) is 17.0. The number of carbonyl (C=O) groups is 1. The van der Waals surface area contributed by atoms with Gasteiger partial charge in [-0.25, -0.2) is 4.99 Å². The van der Waals surface area contributed by atoms with Gasteiger partial charge in [0.1, 0.15) is 29.7 Å². The van der Waals surface area contributed by atoms with Gasteiger partial charge in [-0.15, -0.1) is 0 Å². The van der Waals surface area contributed by atoms with Crippen LogP contribution in [0.1, 0.15) is 35.6 Å². The number of hydrogen-bond acceptors (Lipinski definition) is 7. The van der Waals surface area contributed by atoms with Gasteiger partial charge < -0.3 is 34.4 Å². The number of piperazine rings is 1. The van der Waals surface area contributed by atoms with Crippen LogP contribution in [0.2, 0.25) is 0 Å². The van der Waals surface area contributed by atoms with Gasteiger partial charge in [0.2, 0.25) is 5.91 Å². The molecule has 0 radical (unpaired) electrons. The maximum absolute atomic E-state index is 12.9. The van der Waals surface area contributed by atoms with Crippen molar-refractivity contribution in [2.24, 2.45) is 4.99 Å². The summed E-state index contributed by atoms with van der Waals surface area (Å²) in [6, 6.07) is 16.5. The molecule has 3 aromatic carbocycles. The van der Waals surface area contributed by atoms with E-state index in [0.29, 0.717) is 19.7 Å². The number of anilines is 3. The van der Waals surface area contributed by atoms with Crippen LogP contribution in [-0.4, -0.2) is 81.5 Å². The first kappa shape index (κ1) is 35.3. The molecular weight excluding hydrogens is 612 g/mol. The molecule has 258 valence electrons. The van der Waals surface area contributed by atoms with Gasteiger partial charge in [0.25, 0.3) is 0 Å². The average molecular weight is 663 g/mol. The highest BCUT2D eigenvalue weighted by molar-refractivity contribution is 6.10. The predicted molar refractivity (Wildman–Crippen MR) is 203 cm³/mol. The normalized spacial score (nSPS) is 16.1. The van der Waals surface area contributed by atoms with Crippen LogP contribution in [0.5, 0.6) is 17.2 Å². The number of fused-ring (bicyclic) bond motifs is 3. The topological polar surface area (TPSA) is 72.9 Å². The van der Waals surface area contributed by atoms with E-state index in [1.807, 2.05) is 91.5 Å². The molecule has 5 rings (SSSR count). The zero-order valence-corrected chi connectivity index (χ0v) is 30.0. The fourth-order valence-corrected chi connectivity index (χ4v) is 6.13. The second kappa shape index (κ2) is 15.9. The molecule has 49 heavy (non-hydrogen) atoms. The van der Waals surface area contributed by atoms with Crippen molar-refractivity contribution in [3.05, 3.63) is 108 Å². The second-order valence-electron chi connectivity index (χ2n) is 13.0. The number of carbonyl (C=O) groups excluding carboxylic acids is 1. The summed E-state index contributed by atoms with van der Waals surface area (Å²) in [5.41, 5.74) is 7.19. The lowest BCUT2D eigenvalue weighted by Crippen LogP contribution is -2.58. The summed E-state index contributed by atoms with van der Waals surface area (Å²) in [7, 11) is 5.96. The van der Waals surface area contributed by atoms with Crippen LogP contribution in [0.15, 0.2) is 90.7 Å². The fourth-order valence-electron chi connectivity index (χ4n) is 6.13. The van der Waals surface area contributed by atoms with Crippen LogP contribution in [0, 0.1) is 20.8 Å². The van der Waals surface area contributed by atoms with Gasteiger partial charge in [-0.1, -0.05) is 25.7 Å². The van der Waals surface area contributed by atoms with E-state index in [2.05, 4.69) is 55.8 Å². The van der Waals surface area contributed by atoms with Gasteiger partial charge in [0.15, 0.2) is 0 Å². The Balaban J connectivity index is 1.36. The summed E-state index contributed by atoms with van der Waals surface area (Å²) >= 11 is 0. The van der Waals surface area contributed by atoms with E-state index in [4.69, 9.17) is 14.5 Å². The Hall–Kier alpha value is -5.02. The van der Waals surface area contributed by atoms with E-state index >= 15 is 0 Å². The third-order valence-corrected chi connectivity index (χ3v) is 8.86. The number of benzene rings is 3. The van der Waals surface area contributed by atoms with Crippen molar-refractivity contribution in [2.45, 2.75) is 40.2 Å². The molecule has 1 saturated heterocycles. The molecule has 0 aliphatic carbocycles. The van der Waals surface area contributed by atoms with Crippen molar-refractivity contribution < 1.29 is 14.3 Å². The van der Waals surface area contributed by atoms with Crippen molar-refractivity contribution >= 4 is 28.8 Å². The molecule has 1 N–H and O–H groups in total. The van der Waals surface area contributed by atoms with E-state index in [1.54, 1.807) is 12.3 Å². The van der Waals surface area contributed by atoms with Crippen molar-refractivity contribution in [3.63, 3.8) is 0 Å². The molecule has 0 bridgehead atoms. The minimum absolute atomic E-state index is 0.0503. The third kappa shape index (κ3) is 8.53. The lowest BCUT2D eigenvalue weighted by atomic mass is 10.0. The molecule has 1 amide bonds. The van der Waals surface area contributed by atoms with Gasteiger partial charge in [-0.3, -0.25) is 4.79 Å². The lowest BCUT2D eigenvalue weighted by Gasteiger charge is -2.45. The number of amides is 1. The molecule has 2 heterocycles. The molecule has 2 aliphatic heterocycles. The van der Waals surface area contributed by atoms with Gasteiger partial charge in [0, 0.05) is 62.4 Å². The molecule has 1 unspecified atom stereocenters. The monoisotopic (exact) mass is 662 g/mol. The Bertz CT molecular complexity index is 1760. The highest BCUT2D eigenvalue weighted by atomic mass is 16.5. The summed E-state index contributed by atoms with van der Waals surface area (Å²) in [4.78, 5) is 26.1. The standard InChI is InChI=1S/C40H50N6O3/c1-9-11-18-41-40(42-31-14-17-37(30(5)22-31)49-33-15-16-35(29(4)23-33)44(8)10-2)34-25-36-38(24-28(34)3)48-27-32-26-45(20-21-46(32)36)39(47)13-12-19-43(6)7/h10-18,22-25,32H,2,9,19-21,26-27H2,1,3-8H3,(H,41,42)/b13-12+,18-11+. The number of likely N-dealkylation sites (N-methyl/N-ethyl adjacent to an activating group) is 1.